The van der Waals surface area contributed by atoms with Crippen molar-refractivity contribution in [3.05, 3.63) is 71.1 Å². The van der Waals surface area contributed by atoms with Crippen molar-refractivity contribution >= 4 is 5.96 Å². The topological polar surface area (TPSA) is 80.7 Å². The molecule has 1 heterocycles. The lowest BCUT2D eigenvalue weighted by Crippen LogP contribution is -2.21. The fraction of sp³-hybridized carbons (Fsp3) is 0.304. The number of hydrogen-bond acceptors (Lipinski definition) is 4. The normalized spacial score (nSPS) is 21.9. The lowest BCUT2D eigenvalue weighted by molar-refractivity contribution is 0.242. The number of fused-ring (bicyclic) bond motifs is 1. The molecule has 1 aliphatic heterocycles. The summed E-state index contributed by atoms with van der Waals surface area (Å²) >= 11 is 0. The van der Waals surface area contributed by atoms with Crippen LogP contribution in [0, 0.1) is 11.5 Å². The van der Waals surface area contributed by atoms with Crippen LogP contribution in [-0.2, 0) is 0 Å². The molecule has 0 amide bonds. The molecule has 6 heteroatoms. The summed E-state index contributed by atoms with van der Waals surface area (Å²) in [4.78, 5) is 3.62. The Hall–Kier alpha value is -3.46. The van der Waals surface area contributed by atoms with Gasteiger partial charge in [-0.15, -0.1) is 4.99 Å². The smallest absolute Gasteiger partial charge is 0.237 e. The molecule has 2 atom stereocenters. The van der Waals surface area contributed by atoms with Gasteiger partial charge in [-0.1, -0.05) is 31.2 Å². The van der Waals surface area contributed by atoms with E-state index in [-0.39, 0.29) is 12.0 Å². The van der Waals surface area contributed by atoms with Gasteiger partial charge in [0, 0.05) is 12.1 Å². The molecule has 6 nitrogen and oxygen atoms in total. The highest BCUT2D eigenvalue weighted by Gasteiger charge is 2.24. The first-order chi connectivity index (χ1) is 14.2. The molecular formula is C23H23N4O2. The molecule has 1 aromatic rings. The number of methoxy groups -OCH3 is 1. The van der Waals surface area contributed by atoms with Crippen LogP contribution in [0.5, 0.6) is 11.5 Å². The highest BCUT2D eigenvalue weighted by Crippen LogP contribution is 2.37. The van der Waals surface area contributed by atoms with Crippen LogP contribution >= 0.6 is 0 Å². The van der Waals surface area contributed by atoms with Gasteiger partial charge in [-0.25, -0.2) is 5.32 Å². The highest BCUT2D eigenvalue weighted by molar-refractivity contribution is 5.85. The average Bonchev–Trinajstić information content (AvgIpc) is 3.34. The number of rotatable bonds is 6. The summed E-state index contributed by atoms with van der Waals surface area (Å²) in [7, 11) is 1.66. The van der Waals surface area contributed by atoms with Crippen LogP contribution in [0.3, 0.4) is 0 Å². The number of hydrogen-bond donors (Lipinski definition) is 1. The number of guanidine groups is 1. The van der Waals surface area contributed by atoms with Crippen LogP contribution in [-0.4, -0.2) is 19.2 Å². The van der Waals surface area contributed by atoms with Gasteiger partial charge < -0.3 is 14.8 Å². The van der Waals surface area contributed by atoms with Crippen molar-refractivity contribution in [2.75, 3.05) is 7.11 Å². The second kappa shape index (κ2) is 8.27. The molecule has 2 unspecified atom stereocenters. The van der Waals surface area contributed by atoms with Gasteiger partial charge in [-0.2, -0.15) is 5.26 Å². The van der Waals surface area contributed by atoms with E-state index in [2.05, 4.69) is 59.0 Å². The van der Waals surface area contributed by atoms with Gasteiger partial charge >= 0.3 is 0 Å². The number of nitriles is 1. The summed E-state index contributed by atoms with van der Waals surface area (Å²) in [6.07, 6.45) is 14.8. The largest absolute Gasteiger partial charge is 0.493 e. The van der Waals surface area contributed by atoms with Crippen LogP contribution < -0.4 is 20.1 Å². The zero-order chi connectivity index (χ0) is 20.2. The molecule has 147 valence electrons. The molecule has 4 rings (SSSR count). The van der Waals surface area contributed by atoms with E-state index < -0.39 is 0 Å². The number of benzene rings is 1. The summed E-state index contributed by atoms with van der Waals surface area (Å²) in [5.74, 6) is 2.07. The number of aliphatic imine (C=N–C) groups is 1. The third-order valence-corrected chi connectivity index (χ3v) is 5.32. The Labute approximate surface area is 170 Å². The average molecular weight is 387 g/mol. The predicted molar refractivity (Wildman–Crippen MR) is 111 cm³/mol. The van der Waals surface area contributed by atoms with Crippen LogP contribution in [0.25, 0.3) is 0 Å². The monoisotopic (exact) mass is 387 g/mol. The molecule has 0 bridgehead atoms. The number of nitrogens with one attached hydrogen (secondary N) is 1. The molecule has 0 aromatic heterocycles. The fourth-order valence-corrected chi connectivity index (χ4v) is 3.83. The second-order valence-corrected chi connectivity index (χ2v) is 7.34. The van der Waals surface area contributed by atoms with Crippen LogP contribution in [0.4, 0.5) is 0 Å². The zero-order valence-electron chi connectivity index (χ0n) is 16.6. The molecule has 2 aliphatic carbocycles. The van der Waals surface area contributed by atoms with Crippen molar-refractivity contribution in [3.8, 4) is 17.7 Å². The minimum atomic E-state index is 0.0263. The molecule has 0 saturated heterocycles. The number of ether oxygens (including phenoxy) is 2. The molecule has 0 spiro atoms. The molecular weight excluding hydrogens is 364 g/mol. The molecule has 1 radical (unpaired) electrons. The molecule has 1 N–H and O–H groups in total. The number of nitrogens with zero attached hydrogens (tertiary/aromatic N) is 3. The third-order valence-electron chi connectivity index (χ3n) is 5.32. The van der Waals surface area contributed by atoms with E-state index in [0.29, 0.717) is 5.96 Å². The van der Waals surface area contributed by atoms with Crippen molar-refractivity contribution in [1.29, 1.82) is 5.26 Å². The van der Waals surface area contributed by atoms with Gasteiger partial charge in [0.1, 0.15) is 6.10 Å². The van der Waals surface area contributed by atoms with E-state index >= 15 is 0 Å². The van der Waals surface area contributed by atoms with Crippen molar-refractivity contribution < 1.29 is 9.47 Å². The van der Waals surface area contributed by atoms with E-state index in [0.717, 1.165) is 42.0 Å². The maximum atomic E-state index is 8.64. The Morgan fingerprint density at radius 1 is 1.34 bits per heavy atom. The van der Waals surface area contributed by atoms with E-state index in [1.807, 2.05) is 6.07 Å². The lowest BCUT2D eigenvalue weighted by atomic mass is 9.96. The molecule has 29 heavy (non-hydrogen) atoms. The van der Waals surface area contributed by atoms with Crippen molar-refractivity contribution in [2.24, 2.45) is 4.99 Å². The summed E-state index contributed by atoms with van der Waals surface area (Å²) in [6, 6.07) is 6.08. The van der Waals surface area contributed by atoms with E-state index in [9.17, 15) is 0 Å². The van der Waals surface area contributed by atoms with Gasteiger partial charge in [0.25, 0.3) is 0 Å². The second-order valence-electron chi connectivity index (χ2n) is 7.34. The van der Waals surface area contributed by atoms with Crippen molar-refractivity contribution in [3.63, 3.8) is 0 Å². The predicted octanol–water partition coefficient (Wildman–Crippen LogP) is 4.04. The first-order valence-electron chi connectivity index (χ1n) is 9.71. The van der Waals surface area contributed by atoms with Crippen LogP contribution in [0.2, 0.25) is 0 Å². The maximum Gasteiger partial charge on any atom is 0.237 e. The Bertz CT molecular complexity index is 995. The summed E-state index contributed by atoms with van der Waals surface area (Å²) in [5, 5.41) is 15.8. The Morgan fingerprint density at radius 3 is 3.03 bits per heavy atom. The fourth-order valence-electron chi connectivity index (χ4n) is 3.83. The van der Waals surface area contributed by atoms with Gasteiger partial charge in [-0.3, -0.25) is 0 Å². The van der Waals surface area contributed by atoms with Crippen LogP contribution in [0.1, 0.15) is 37.7 Å². The molecule has 0 saturated carbocycles. The quantitative estimate of drug-likeness (QED) is 0.747. The molecule has 3 aliphatic rings. The number of allylic oxidation sites excluding steroid dienone is 5. The van der Waals surface area contributed by atoms with Crippen molar-refractivity contribution in [1.82, 2.24) is 10.6 Å². The van der Waals surface area contributed by atoms with Gasteiger partial charge in [0.05, 0.1) is 13.3 Å². The minimum absolute atomic E-state index is 0.0263. The Morgan fingerprint density at radius 2 is 2.24 bits per heavy atom. The Kier molecular flexibility index (Phi) is 5.39. The standard InChI is InChI=1S/C23H23N4O2/c1-15(9-19-13-25-23(27-19)26-14-24)16-7-8-21(28-2)22(12-16)29-20-10-17-5-3-4-6-18(17)11-20/h3-5,7-8,11-13,15,20H,6,9-10H2,1-2H3,(H,26,27). The van der Waals surface area contributed by atoms with Crippen LogP contribution in [0.15, 0.2) is 70.5 Å². The third kappa shape index (κ3) is 4.19. The molecule has 1 aromatic carbocycles. The first-order valence-corrected chi connectivity index (χ1v) is 9.71. The van der Waals surface area contributed by atoms with Crippen molar-refractivity contribution in [2.45, 2.75) is 38.2 Å². The summed E-state index contributed by atoms with van der Waals surface area (Å²) < 4.78 is 11.9. The van der Waals surface area contributed by atoms with E-state index in [1.165, 1.54) is 11.1 Å². The van der Waals surface area contributed by atoms with Gasteiger partial charge in [-0.05, 0) is 53.7 Å². The SMILES string of the molecule is COc1ccc(C(C)CC2=C[N]C(=NC#N)N2)cc1OC1C=C2CC=CC=C2C1. The maximum absolute atomic E-state index is 8.64. The van der Waals surface area contributed by atoms with E-state index in [4.69, 9.17) is 14.7 Å². The highest BCUT2D eigenvalue weighted by atomic mass is 16.5. The summed E-state index contributed by atoms with van der Waals surface area (Å²) in [6.45, 7) is 2.15. The lowest BCUT2D eigenvalue weighted by Gasteiger charge is -2.18. The zero-order valence-corrected chi connectivity index (χ0v) is 16.6. The van der Waals surface area contributed by atoms with E-state index in [1.54, 1.807) is 19.5 Å². The Balaban J connectivity index is 1.46. The molecule has 0 fully saturated rings. The minimum Gasteiger partial charge on any atom is -0.493 e. The summed E-state index contributed by atoms with van der Waals surface area (Å²) in [5.41, 5.74) is 4.81. The van der Waals surface area contributed by atoms with Gasteiger partial charge in [0.2, 0.25) is 12.2 Å². The van der Waals surface area contributed by atoms with Gasteiger partial charge in [0.15, 0.2) is 11.5 Å². The first kappa shape index (κ1) is 18.9.